The molecule has 1 saturated heterocycles. The molecule has 0 saturated carbocycles. The number of alkyl halides is 2. The van der Waals surface area contributed by atoms with Gasteiger partial charge in [-0.1, -0.05) is 0 Å². The number of carbonyl (C=O) groups excluding carboxylic acids is 2. The molecule has 1 N–H and O–H groups in total. The third-order valence-corrected chi connectivity index (χ3v) is 3.80. The molecule has 0 spiro atoms. The average Bonchev–Trinajstić information content (AvgIpc) is 3.15. The Balaban J connectivity index is 1.67. The van der Waals surface area contributed by atoms with Gasteiger partial charge < -0.3 is 10.2 Å². The van der Waals surface area contributed by atoms with E-state index in [1.165, 1.54) is 12.3 Å². The van der Waals surface area contributed by atoms with Crippen LogP contribution >= 0.6 is 0 Å². The van der Waals surface area contributed by atoms with Crippen LogP contribution in [0.2, 0.25) is 0 Å². The zero-order chi connectivity index (χ0) is 17.3. The maximum atomic E-state index is 13.4. The molecule has 2 amide bonds. The fourth-order valence-electron chi connectivity index (χ4n) is 2.67. The van der Waals surface area contributed by atoms with Crippen molar-refractivity contribution in [1.29, 1.82) is 5.26 Å². The number of rotatable bonds is 3. The molecule has 124 valence electrons. The molecule has 1 aliphatic rings. The fourth-order valence-corrected chi connectivity index (χ4v) is 2.67. The molecule has 2 aromatic rings. The molecule has 1 atom stereocenters. The molecule has 9 heteroatoms. The van der Waals surface area contributed by atoms with Crippen molar-refractivity contribution in [2.45, 2.75) is 18.4 Å². The topological polar surface area (TPSA) is 90.5 Å². The largest absolute Gasteiger partial charge is 0.342 e. The van der Waals surface area contributed by atoms with Gasteiger partial charge in [-0.3, -0.25) is 14.0 Å². The maximum Gasteiger partial charge on any atom is 0.268 e. The number of hydrogen-bond donors (Lipinski definition) is 1. The van der Waals surface area contributed by atoms with Crippen molar-refractivity contribution in [1.82, 2.24) is 19.6 Å². The van der Waals surface area contributed by atoms with E-state index >= 15 is 0 Å². The van der Waals surface area contributed by atoms with Crippen molar-refractivity contribution in [3.63, 3.8) is 0 Å². The Labute approximate surface area is 135 Å². The predicted octanol–water partition coefficient (Wildman–Crippen LogP) is 0.824. The van der Waals surface area contributed by atoms with Gasteiger partial charge in [-0.15, -0.1) is 0 Å². The fraction of sp³-hybridized carbons (Fsp3) is 0.333. The van der Waals surface area contributed by atoms with Gasteiger partial charge in [-0.2, -0.15) is 5.26 Å². The maximum absolute atomic E-state index is 13.4. The first-order valence-electron chi connectivity index (χ1n) is 7.18. The summed E-state index contributed by atoms with van der Waals surface area (Å²) in [6.07, 6.45) is 2.42. The first-order chi connectivity index (χ1) is 11.4. The third-order valence-electron chi connectivity index (χ3n) is 3.80. The van der Waals surface area contributed by atoms with Crippen molar-refractivity contribution in [3.8, 4) is 6.07 Å². The van der Waals surface area contributed by atoms with Crippen LogP contribution < -0.4 is 5.32 Å². The van der Waals surface area contributed by atoms with Crippen molar-refractivity contribution < 1.29 is 18.4 Å². The molecule has 0 unspecified atom stereocenters. The standard InChI is InChI=1S/C15H13F2N5O2/c16-15(17)6-10(7-18)22(9-15)13(23)8-20-14(24)11-3-4-19-12-2-1-5-21(11)12/h1-5,10H,6,8-9H2,(H,20,24)/t10-/m0/s1. The molecule has 1 fully saturated rings. The number of nitrogens with zero attached hydrogens (tertiary/aromatic N) is 4. The van der Waals surface area contributed by atoms with E-state index < -0.39 is 43.3 Å². The molecule has 0 radical (unpaired) electrons. The lowest BCUT2D eigenvalue weighted by atomic mass is 10.2. The minimum Gasteiger partial charge on any atom is -0.342 e. The van der Waals surface area contributed by atoms with E-state index in [-0.39, 0.29) is 5.69 Å². The summed E-state index contributed by atoms with van der Waals surface area (Å²) in [7, 11) is 0. The monoisotopic (exact) mass is 333 g/mol. The smallest absolute Gasteiger partial charge is 0.268 e. The Hall–Kier alpha value is -3.02. The lowest BCUT2D eigenvalue weighted by molar-refractivity contribution is -0.131. The molecule has 3 heterocycles. The van der Waals surface area contributed by atoms with Crippen LogP contribution in [-0.4, -0.2) is 51.2 Å². The lowest BCUT2D eigenvalue weighted by Gasteiger charge is -2.19. The summed E-state index contributed by atoms with van der Waals surface area (Å²) in [5.74, 6) is -4.33. The summed E-state index contributed by atoms with van der Waals surface area (Å²) in [6.45, 7) is -1.27. The van der Waals surface area contributed by atoms with Gasteiger partial charge in [0, 0.05) is 18.8 Å². The summed E-state index contributed by atoms with van der Waals surface area (Å²) in [4.78, 5) is 29.1. The summed E-state index contributed by atoms with van der Waals surface area (Å²) in [5, 5.41) is 11.3. The average molecular weight is 333 g/mol. The van der Waals surface area contributed by atoms with Gasteiger partial charge in [0.2, 0.25) is 5.91 Å². The van der Waals surface area contributed by atoms with Crippen LogP contribution in [0, 0.1) is 11.3 Å². The Morgan fingerprint density at radius 3 is 3.00 bits per heavy atom. The number of carbonyl (C=O) groups is 2. The molecule has 0 aromatic carbocycles. The first-order valence-corrected chi connectivity index (χ1v) is 7.18. The summed E-state index contributed by atoms with van der Waals surface area (Å²) < 4.78 is 28.2. The number of nitriles is 1. The Morgan fingerprint density at radius 2 is 2.25 bits per heavy atom. The highest BCUT2D eigenvalue weighted by Gasteiger charge is 2.47. The van der Waals surface area contributed by atoms with E-state index in [1.54, 1.807) is 28.8 Å². The molecular weight excluding hydrogens is 320 g/mol. The second kappa shape index (κ2) is 5.88. The highest BCUT2D eigenvalue weighted by atomic mass is 19.3. The number of fused-ring (bicyclic) bond motifs is 1. The van der Waals surface area contributed by atoms with Crippen molar-refractivity contribution >= 4 is 17.5 Å². The van der Waals surface area contributed by atoms with Crippen LogP contribution in [0.25, 0.3) is 5.65 Å². The number of halogens is 2. The Bertz CT molecular complexity index is 842. The van der Waals surface area contributed by atoms with Crippen LogP contribution in [0.1, 0.15) is 16.9 Å². The minimum atomic E-state index is -3.08. The van der Waals surface area contributed by atoms with Crippen LogP contribution in [0.5, 0.6) is 0 Å². The second-order valence-corrected chi connectivity index (χ2v) is 5.48. The SMILES string of the molecule is N#C[C@@H]1CC(F)(F)CN1C(=O)CNC(=O)c1ccnc2cccn12. The molecule has 2 aromatic heterocycles. The second-order valence-electron chi connectivity index (χ2n) is 5.48. The minimum absolute atomic E-state index is 0.265. The van der Waals surface area contributed by atoms with E-state index in [1.807, 2.05) is 0 Å². The normalized spacial score (nSPS) is 19.2. The summed E-state index contributed by atoms with van der Waals surface area (Å²) >= 11 is 0. The molecule has 0 aliphatic carbocycles. The van der Waals surface area contributed by atoms with Crippen molar-refractivity contribution in [2.24, 2.45) is 0 Å². The van der Waals surface area contributed by atoms with E-state index in [0.717, 1.165) is 4.90 Å². The molecule has 1 aliphatic heterocycles. The van der Waals surface area contributed by atoms with E-state index in [9.17, 15) is 18.4 Å². The van der Waals surface area contributed by atoms with E-state index in [0.29, 0.717) is 5.65 Å². The van der Waals surface area contributed by atoms with Crippen molar-refractivity contribution in [2.75, 3.05) is 13.1 Å². The Kier molecular flexibility index (Phi) is 3.89. The third kappa shape index (κ3) is 2.90. The van der Waals surface area contributed by atoms with Crippen molar-refractivity contribution in [3.05, 3.63) is 36.3 Å². The zero-order valence-corrected chi connectivity index (χ0v) is 12.4. The van der Waals surface area contributed by atoms with Gasteiger partial charge in [-0.25, -0.2) is 13.8 Å². The van der Waals surface area contributed by atoms with E-state index in [2.05, 4.69) is 10.3 Å². The highest BCUT2D eigenvalue weighted by molar-refractivity contribution is 5.95. The number of amides is 2. The van der Waals surface area contributed by atoms with Gasteiger partial charge in [-0.05, 0) is 18.2 Å². The summed E-state index contributed by atoms with van der Waals surface area (Å²) in [6, 6.07) is 5.42. The van der Waals surface area contributed by atoms with Gasteiger partial charge in [0.1, 0.15) is 17.4 Å². The number of hydrogen-bond acceptors (Lipinski definition) is 4. The number of aromatic nitrogens is 2. The summed E-state index contributed by atoms with van der Waals surface area (Å²) in [5.41, 5.74) is 0.832. The van der Waals surface area contributed by atoms with Gasteiger partial charge in [0.15, 0.2) is 0 Å². The van der Waals surface area contributed by atoms with Gasteiger partial charge >= 0.3 is 0 Å². The van der Waals surface area contributed by atoms with Crippen LogP contribution in [0.3, 0.4) is 0 Å². The highest BCUT2D eigenvalue weighted by Crippen LogP contribution is 2.31. The lowest BCUT2D eigenvalue weighted by Crippen LogP contribution is -2.43. The molecular formula is C15H13F2N5O2. The van der Waals surface area contributed by atoms with Crippen LogP contribution in [0.15, 0.2) is 30.6 Å². The van der Waals surface area contributed by atoms with Gasteiger partial charge in [0.25, 0.3) is 11.8 Å². The zero-order valence-electron chi connectivity index (χ0n) is 12.4. The predicted molar refractivity (Wildman–Crippen MR) is 78.2 cm³/mol. The quantitative estimate of drug-likeness (QED) is 0.900. The number of nitrogens with one attached hydrogen (secondary N) is 1. The van der Waals surface area contributed by atoms with Crippen LogP contribution in [-0.2, 0) is 4.79 Å². The molecule has 3 rings (SSSR count). The first kappa shape index (κ1) is 15.9. The number of likely N-dealkylation sites (tertiary alicyclic amines) is 1. The van der Waals surface area contributed by atoms with Crippen LogP contribution in [0.4, 0.5) is 8.78 Å². The van der Waals surface area contributed by atoms with E-state index in [4.69, 9.17) is 5.26 Å². The molecule has 24 heavy (non-hydrogen) atoms. The molecule has 0 bridgehead atoms. The van der Waals surface area contributed by atoms with Gasteiger partial charge in [0.05, 0.1) is 19.2 Å². The molecule has 7 nitrogen and oxygen atoms in total. The Morgan fingerprint density at radius 1 is 1.46 bits per heavy atom.